The third kappa shape index (κ3) is 5.65. The predicted octanol–water partition coefficient (Wildman–Crippen LogP) is 0.351. The number of alkyl halides is 4. The van der Waals surface area contributed by atoms with Gasteiger partial charge in [-0.25, -0.2) is 4.79 Å². The molecule has 13 nitrogen and oxygen atoms in total. The van der Waals surface area contributed by atoms with Crippen molar-refractivity contribution >= 4 is 15.2 Å². The van der Waals surface area contributed by atoms with Crippen LogP contribution in [0.3, 0.4) is 0 Å². The molecule has 0 radical (unpaired) electrons. The standard InChI is InChI=1S/C18H20F4N2O11P2/c19-17(20,10-4-2-1-3-5-10)9-24-12(25)6-7-23(16(24)28)15-14(27)13(26)11(35-15)8-34-37(32,33)18(21,22)36(29,30)31/h1-7,11,13-15,26-27H,8-9H2,(H,32,33)(H2,29,30,31)/t11-,13+,14+,15-/m1/s1. The van der Waals surface area contributed by atoms with Gasteiger partial charge in [-0.05, 0) is 0 Å². The van der Waals surface area contributed by atoms with Gasteiger partial charge in [0.2, 0.25) is 0 Å². The fourth-order valence-electron chi connectivity index (χ4n) is 3.36. The minimum atomic E-state index is -6.46. The zero-order valence-electron chi connectivity index (χ0n) is 18.3. The molecule has 2 heterocycles. The van der Waals surface area contributed by atoms with E-state index in [9.17, 15) is 51.4 Å². The van der Waals surface area contributed by atoms with E-state index in [1.807, 2.05) is 0 Å². The average Bonchev–Trinajstić information content (AvgIpc) is 3.09. The van der Waals surface area contributed by atoms with Crippen LogP contribution < -0.4 is 11.2 Å². The number of aliphatic hydroxyl groups is 2. The molecule has 0 aliphatic carbocycles. The summed E-state index contributed by atoms with van der Waals surface area (Å²) in [5.74, 6) is -3.69. The summed E-state index contributed by atoms with van der Waals surface area (Å²) in [6.07, 6.45) is -7.22. The molecule has 1 fully saturated rings. The molecular formula is C18H20F4N2O11P2. The summed E-state index contributed by atoms with van der Waals surface area (Å²) in [7, 11) is -12.8. The molecule has 1 aliphatic rings. The van der Waals surface area contributed by atoms with Gasteiger partial charge < -0.3 is 34.2 Å². The van der Waals surface area contributed by atoms with Crippen LogP contribution in [0.4, 0.5) is 17.6 Å². The van der Waals surface area contributed by atoms with E-state index in [-0.39, 0.29) is 4.57 Å². The van der Waals surface area contributed by atoms with Gasteiger partial charge in [0, 0.05) is 17.8 Å². The van der Waals surface area contributed by atoms with Gasteiger partial charge in [-0.3, -0.25) is 23.1 Å². The quantitative estimate of drug-likeness (QED) is 0.203. The highest BCUT2D eigenvalue weighted by Crippen LogP contribution is 2.73. The van der Waals surface area contributed by atoms with E-state index in [0.717, 1.165) is 18.3 Å². The topological polar surface area (TPSA) is 198 Å². The number of aliphatic hydroxyl groups excluding tert-OH is 2. The Morgan fingerprint density at radius 1 is 0.973 bits per heavy atom. The Labute approximate surface area is 203 Å². The van der Waals surface area contributed by atoms with Crippen molar-refractivity contribution in [1.82, 2.24) is 9.13 Å². The zero-order valence-corrected chi connectivity index (χ0v) is 20.0. The monoisotopic (exact) mass is 578 g/mol. The highest BCUT2D eigenvalue weighted by atomic mass is 31.2. The number of benzene rings is 1. The van der Waals surface area contributed by atoms with E-state index >= 15 is 0 Å². The summed E-state index contributed by atoms with van der Waals surface area (Å²) in [6, 6.07) is 6.89. The minimum Gasteiger partial charge on any atom is -0.387 e. The molecular weight excluding hydrogens is 558 g/mol. The smallest absolute Gasteiger partial charge is 0.387 e. The van der Waals surface area contributed by atoms with E-state index < -0.39 is 81.0 Å². The summed E-state index contributed by atoms with van der Waals surface area (Å²) >= 11 is 0. The first-order valence-corrected chi connectivity index (χ1v) is 13.3. The zero-order chi connectivity index (χ0) is 28.0. The van der Waals surface area contributed by atoms with Crippen molar-refractivity contribution in [1.29, 1.82) is 0 Å². The highest BCUT2D eigenvalue weighted by molar-refractivity contribution is 7.72. The lowest BCUT2D eigenvalue weighted by Gasteiger charge is -2.24. The Bertz CT molecular complexity index is 1350. The van der Waals surface area contributed by atoms with Crippen molar-refractivity contribution < 1.29 is 60.8 Å². The van der Waals surface area contributed by atoms with Crippen LogP contribution in [-0.2, 0) is 30.9 Å². The molecule has 1 unspecified atom stereocenters. The van der Waals surface area contributed by atoms with Crippen LogP contribution in [0.1, 0.15) is 11.8 Å². The molecule has 1 aromatic carbocycles. The molecule has 1 aromatic heterocycles. The van der Waals surface area contributed by atoms with Crippen LogP contribution in [0.5, 0.6) is 0 Å². The van der Waals surface area contributed by atoms with Crippen LogP contribution in [0.15, 0.2) is 52.2 Å². The fourth-order valence-corrected chi connectivity index (χ4v) is 5.35. The number of ether oxygens (including phenoxy) is 1. The minimum absolute atomic E-state index is 0.127. The molecule has 5 N–H and O–H groups in total. The molecule has 2 aromatic rings. The molecule has 19 heteroatoms. The van der Waals surface area contributed by atoms with Crippen LogP contribution in [0.2, 0.25) is 0 Å². The first kappa shape index (κ1) is 29.4. The van der Waals surface area contributed by atoms with Crippen molar-refractivity contribution in [3.8, 4) is 0 Å². The Hall–Kier alpha value is -2.20. The van der Waals surface area contributed by atoms with Crippen molar-refractivity contribution in [2.24, 2.45) is 0 Å². The van der Waals surface area contributed by atoms with Crippen LogP contribution in [0.25, 0.3) is 0 Å². The average molecular weight is 578 g/mol. The molecule has 0 amide bonds. The maximum absolute atomic E-state index is 14.7. The predicted molar refractivity (Wildman–Crippen MR) is 114 cm³/mol. The Morgan fingerprint density at radius 3 is 2.14 bits per heavy atom. The molecule has 3 rings (SSSR count). The van der Waals surface area contributed by atoms with Gasteiger partial charge in [-0.15, -0.1) is 0 Å². The summed E-state index contributed by atoms with van der Waals surface area (Å²) in [4.78, 5) is 51.5. The first-order chi connectivity index (χ1) is 16.9. The van der Waals surface area contributed by atoms with Crippen LogP contribution in [0, 0.1) is 0 Å². The van der Waals surface area contributed by atoms with E-state index in [1.165, 1.54) is 18.2 Å². The summed E-state index contributed by atoms with van der Waals surface area (Å²) < 4.78 is 88.8. The maximum atomic E-state index is 14.7. The molecule has 206 valence electrons. The van der Waals surface area contributed by atoms with Crippen LogP contribution in [-0.4, -0.2) is 64.4 Å². The molecule has 1 aliphatic heterocycles. The van der Waals surface area contributed by atoms with Crippen molar-refractivity contribution in [2.75, 3.05) is 6.61 Å². The van der Waals surface area contributed by atoms with Crippen molar-refractivity contribution in [3.63, 3.8) is 0 Å². The third-order valence-corrected chi connectivity index (χ3v) is 8.78. The summed E-state index contributed by atoms with van der Waals surface area (Å²) in [5.41, 5.74) is -3.07. The van der Waals surface area contributed by atoms with Gasteiger partial charge in [-0.1, -0.05) is 30.3 Å². The second-order valence-corrected chi connectivity index (χ2v) is 11.8. The van der Waals surface area contributed by atoms with E-state index in [0.29, 0.717) is 10.6 Å². The molecule has 5 atom stereocenters. The number of rotatable bonds is 9. The Balaban J connectivity index is 1.85. The van der Waals surface area contributed by atoms with Gasteiger partial charge in [0.15, 0.2) is 6.23 Å². The van der Waals surface area contributed by atoms with Crippen molar-refractivity contribution in [2.45, 2.75) is 42.4 Å². The molecule has 0 spiro atoms. The Kier molecular flexibility index (Phi) is 8.07. The molecule has 0 bridgehead atoms. The molecule has 1 saturated heterocycles. The van der Waals surface area contributed by atoms with Gasteiger partial charge in [0.1, 0.15) is 18.3 Å². The number of aromatic nitrogens is 2. The van der Waals surface area contributed by atoms with Gasteiger partial charge in [0.05, 0.1) is 13.2 Å². The van der Waals surface area contributed by atoms with Gasteiger partial charge in [0.25, 0.3) is 11.5 Å². The van der Waals surface area contributed by atoms with Gasteiger partial charge >= 0.3 is 26.3 Å². The first-order valence-electron chi connectivity index (χ1n) is 10.1. The lowest BCUT2D eigenvalue weighted by Crippen LogP contribution is -2.45. The fraction of sp³-hybridized carbons (Fsp3) is 0.444. The van der Waals surface area contributed by atoms with E-state index in [1.54, 1.807) is 0 Å². The summed E-state index contributed by atoms with van der Waals surface area (Å²) in [5, 5.41) is 14.9. The third-order valence-electron chi connectivity index (χ3n) is 5.36. The number of nitrogens with zero attached hydrogens (tertiary/aromatic N) is 2. The maximum Gasteiger partial charge on any atom is 0.443 e. The molecule has 37 heavy (non-hydrogen) atoms. The normalized spacial score (nSPS) is 24.7. The SMILES string of the molecule is O=c1ccn([C@@H]2O[C@H](COP(=O)(O)C(F)(F)P(=O)(O)O)[C@H](O)[C@@H]2O)c(=O)n1CC(F)(F)c1ccccc1. The van der Waals surface area contributed by atoms with Gasteiger partial charge in [-0.2, -0.15) is 17.6 Å². The number of hydrogen-bond donors (Lipinski definition) is 5. The lowest BCUT2D eigenvalue weighted by atomic mass is 10.1. The number of halogens is 4. The van der Waals surface area contributed by atoms with Crippen molar-refractivity contribution in [3.05, 3.63) is 69.0 Å². The largest absolute Gasteiger partial charge is 0.443 e. The lowest BCUT2D eigenvalue weighted by molar-refractivity contribution is -0.0572. The Morgan fingerprint density at radius 2 is 1.57 bits per heavy atom. The molecule has 0 saturated carbocycles. The highest BCUT2D eigenvalue weighted by Gasteiger charge is 2.65. The summed E-state index contributed by atoms with van der Waals surface area (Å²) in [6.45, 7) is -2.84. The van der Waals surface area contributed by atoms with Crippen LogP contribution >= 0.6 is 15.2 Å². The van der Waals surface area contributed by atoms with E-state index in [2.05, 4.69) is 4.52 Å². The van der Waals surface area contributed by atoms with E-state index in [4.69, 9.17) is 14.5 Å². The second kappa shape index (κ2) is 10.2. The second-order valence-electron chi connectivity index (χ2n) is 7.92. The number of hydrogen-bond acceptors (Lipinski definition) is 8.